The molecule has 3 heteroatoms. The van der Waals surface area contributed by atoms with Crippen LogP contribution in [0.5, 0.6) is 0 Å². The first-order valence-corrected chi connectivity index (χ1v) is 6.58. The van der Waals surface area contributed by atoms with Crippen LogP contribution >= 0.6 is 0 Å². The molecule has 0 heterocycles. The second kappa shape index (κ2) is 4.33. The Morgan fingerprint density at radius 1 is 0.857 bits per heavy atom. The lowest BCUT2D eigenvalue weighted by Crippen LogP contribution is -2.62. The molecule has 0 spiro atoms. The zero-order valence-corrected chi connectivity index (χ0v) is 12.5. The summed E-state index contributed by atoms with van der Waals surface area (Å²) in [4.78, 5) is 3.64. The van der Waals surface area contributed by atoms with Gasteiger partial charge in [0.25, 0.3) is 0 Å². The van der Waals surface area contributed by atoms with E-state index in [1.165, 1.54) is 0 Å². The van der Waals surface area contributed by atoms with Crippen LogP contribution in [-0.2, 0) is 4.43 Å². The van der Waals surface area contributed by atoms with Gasteiger partial charge in [-0.25, -0.2) is 0 Å². The summed E-state index contributed by atoms with van der Waals surface area (Å²) < 4.78 is 5.26. The van der Waals surface area contributed by atoms with E-state index in [1.807, 2.05) is 0 Å². The van der Waals surface area contributed by atoms with Crippen LogP contribution in [0.4, 0.5) is 0 Å². The normalized spacial score (nSPS) is 15.4. The minimum Gasteiger partial charge on any atom is -0.412 e. The highest BCUT2D eigenvalue weighted by atomic mass is 28.2. The third-order valence-electron chi connectivity index (χ3n) is 3.57. The fraction of sp³-hybridized carbons (Fsp3) is 1.00. The van der Waals surface area contributed by atoms with E-state index < -0.39 is 9.92 Å². The minimum absolute atomic E-state index is 0.113. The molecule has 0 aromatic heterocycles. The molecule has 0 bridgehead atoms. The average molecular weight is 217 g/mol. The van der Waals surface area contributed by atoms with Crippen LogP contribution in [0.2, 0.25) is 0 Å². The van der Waals surface area contributed by atoms with Crippen molar-refractivity contribution in [1.29, 1.82) is 0 Å². The summed E-state index contributed by atoms with van der Waals surface area (Å²) in [6.07, 6.45) is 0. The third kappa shape index (κ3) is 2.81. The molecule has 14 heavy (non-hydrogen) atoms. The van der Waals surface area contributed by atoms with Crippen molar-refractivity contribution < 1.29 is 4.43 Å². The van der Waals surface area contributed by atoms with Crippen molar-refractivity contribution in [1.82, 2.24) is 4.98 Å². The van der Waals surface area contributed by atoms with Crippen LogP contribution in [-0.4, -0.2) is 22.6 Å². The molecule has 0 aliphatic rings. The van der Waals surface area contributed by atoms with Gasteiger partial charge in [-0.15, -0.1) is 0 Å². The second-order valence-electron chi connectivity index (χ2n) is 6.23. The van der Waals surface area contributed by atoms with E-state index in [4.69, 9.17) is 4.43 Å². The molecule has 0 saturated carbocycles. The topological polar surface area (TPSA) is 21.3 Å². The van der Waals surface area contributed by atoms with E-state index in [1.54, 1.807) is 7.11 Å². The predicted octanol–water partition coefficient (Wildman–Crippen LogP) is 2.07. The van der Waals surface area contributed by atoms with Gasteiger partial charge in [-0.05, 0) is 17.8 Å². The standard InChI is InChI=1S/C11H27NOSi/c1-9(2,3)11(7,10(4,5)6)12-14-13-8/h12H,14H2,1-8H3. The molecular weight excluding hydrogens is 190 g/mol. The molecule has 0 rings (SSSR count). The molecule has 0 aromatic rings. The van der Waals surface area contributed by atoms with Gasteiger partial charge in [0.15, 0.2) is 0 Å². The fourth-order valence-corrected chi connectivity index (χ4v) is 3.37. The Labute approximate surface area is 91.8 Å². The van der Waals surface area contributed by atoms with Gasteiger partial charge in [-0.2, -0.15) is 0 Å². The van der Waals surface area contributed by atoms with Crippen LogP contribution in [0.15, 0.2) is 0 Å². The van der Waals surface area contributed by atoms with E-state index in [0.29, 0.717) is 0 Å². The first-order chi connectivity index (χ1) is 6.06. The molecular formula is C11H27NOSi. The van der Waals surface area contributed by atoms with Gasteiger partial charge in [-0.1, -0.05) is 41.5 Å². The summed E-state index contributed by atoms with van der Waals surface area (Å²) in [5.41, 5.74) is 0.579. The lowest BCUT2D eigenvalue weighted by Gasteiger charge is -2.52. The number of nitrogens with one attached hydrogen (secondary N) is 1. The summed E-state index contributed by atoms with van der Waals surface area (Å²) >= 11 is 0. The largest absolute Gasteiger partial charge is 0.412 e. The Hall–Kier alpha value is 0.137. The van der Waals surface area contributed by atoms with E-state index in [2.05, 4.69) is 53.4 Å². The molecule has 0 radical (unpaired) electrons. The van der Waals surface area contributed by atoms with Crippen molar-refractivity contribution in [2.45, 2.75) is 54.0 Å². The highest BCUT2D eigenvalue weighted by molar-refractivity contribution is 6.23. The minimum atomic E-state index is -0.592. The van der Waals surface area contributed by atoms with Gasteiger partial charge in [-0.3, -0.25) is 0 Å². The molecule has 0 atom stereocenters. The Morgan fingerprint density at radius 2 is 1.21 bits per heavy atom. The van der Waals surface area contributed by atoms with Gasteiger partial charge >= 0.3 is 0 Å². The highest BCUT2D eigenvalue weighted by Gasteiger charge is 2.45. The molecule has 0 aromatic carbocycles. The summed E-state index contributed by atoms with van der Waals surface area (Å²) in [5, 5.41) is 0. The smallest absolute Gasteiger partial charge is 0.235 e. The SMILES string of the molecule is CO[SiH2]NC(C)(C(C)(C)C)C(C)(C)C. The maximum Gasteiger partial charge on any atom is 0.235 e. The monoisotopic (exact) mass is 217 g/mol. The van der Waals surface area contributed by atoms with Crippen molar-refractivity contribution in [3.63, 3.8) is 0 Å². The van der Waals surface area contributed by atoms with Crippen molar-refractivity contribution in [2.24, 2.45) is 10.8 Å². The molecule has 0 unspecified atom stereocenters. The van der Waals surface area contributed by atoms with E-state index in [0.717, 1.165) is 0 Å². The number of hydrogen-bond acceptors (Lipinski definition) is 2. The zero-order valence-electron chi connectivity index (χ0n) is 11.1. The zero-order chi connectivity index (χ0) is 11.6. The molecule has 86 valence electrons. The predicted molar refractivity (Wildman–Crippen MR) is 66.0 cm³/mol. The molecule has 0 amide bonds. The highest BCUT2D eigenvalue weighted by Crippen LogP contribution is 2.43. The fourth-order valence-electron chi connectivity index (χ4n) is 1.87. The number of rotatable bonds is 3. The van der Waals surface area contributed by atoms with Crippen molar-refractivity contribution in [3.8, 4) is 0 Å². The third-order valence-corrected chi connectivity index (χ3v) is 4.71. The average Bonchev–Trinajstić information content (AvgIpc) is 1.95. The Morgan fingerprint density at radius 3 is 1.43 bits per heavy atom. The van der Waals surface area contributed by atoms with Crippen LogP contribution in [0.1, 0.15) is 48.5 Å². The van der Waals surface area contributed by atoms with Crippen molar-refractivity contribution >= 4 is 9.92 Å². The van der Waals surface area contributed by atoms with Gasteiger partial charge in [0, 0.05) is 12.6 Å². The van der Waals surface area contributed by atoms with Crippen molar-refractivity contribution in [3.05, 3.63) is 0 Å². The molecule has 1 N–H and O–H groups in total. The van der Waals surface area contributed by atoms with E-state index in [9.17, 15) is 0 Å². The summed E-state index contributed by atoms with van der Waals surface area (Å²) in [5.74, 6) is 0. The maximum absolute atomic E-state index is 5.26. The van der Waals surface area contributed by atoms with Gasteiger partial charge < -0.3 is 9.41 Å². The van der Waals surface area contributed by atoms with Crippen LogP contribution < -0.4 is 4.98 Å². The molecule has 0 saturated heterocycles. The lowest BCUT2D eigenvalue weighted by atomic mass is 9.62. The Kier molecular flexibility index (Phi) is 4.37. The Bertz CT molecular complexity index is 165. The lowest BCUT2D eigenvalue weighted by molar-refractivity contribution is 0.0565. The molecule has 0 fully saturated rings. The van der Waals surface area contributed by atoms with Crippen LogP contribution in [0.25, 0.3) is 0 Å². The summed E-state index contributed by atoms with van der Waals surface area (Å²) in [7, 11) is 1.19. The van der Waals surface area contributed by atoms with E-state index in [-0.39, 0.29) is 16.4 Å². The quantitative estimate of drug-likeness (QED) is 0.731. The Balaban J connectivity index is 4.87. The van der Waals surface area contributed by atoms with Gasteiger partial charge in [0.05, 0.1) is 0 Å². The maximum atomic E-state index is 5.26. The first-order valence-electron chi connectivity index (χ1n) is 5.30. The molecule has 0 aliphatic carbocycles. The van der Waals surface area contributed by atoms with Gasteiger partial charge in [0.2, 0.25) is 9.92 Å². The molecule has 0 aliphatic heterocycles. The van der Waals surface area contributed by atoms with E-state index >= 15 is 0 Å². The number of hydrogen-bond donors (Lipinski definition) is 1. The second-order valence-corrected chi connectivity index (χ2v) is 7.45. The first kappa shape index (κ1) is 14.1. The van der Waals surface area contributed by atoms with Crippen LogP contribution in [0.3, 0.4) is 0 Å². The van der Waals surface area contributed by atoms with Gasteiger partial charge in [0.1, 0.15) is 0 Å². The summed E-state index contributed by atoms with van der Waals surface area (Å²) in [6.45, 7) is 16.0. The summed E-state index contributed by atoms with van der Waals surface area (Å²) in [6, 6.07) is 0. The van der Waals surface area contributed by atoms with Crippen LogP contribution in [0, 0.1) is 10.8 Å². The van der Waals surface area contributed by atoms with Crippen molar-refractivity contribution in [2.75, 3.05) is 7.11 Å². The molecule has 2 nitrogen and oxygen atoms in total.